The number of rotatable bonds is 8. The molecule has 3 aromatic rings. The Balaban J connectivity index is 1.23. The first kappa shape index (κ1) is 24.6. The van der Waals surface area contributed by atoms with Gasteiger partial charge in [0.25, 0.3) is 0 Å². The molecule has 1 N–H and O–H groups in total. The Hall–Kier alpha value is -3.55. The molecule has 7 nitrogen and oxygen atoms in total. The van der Waals surface area contributed by atoms with E-state index in [0.29, 0.717) is 42.4 Å². The van der Waals surface area contributed by atoms with Crippen molar-refractivity contribution >= 4 is 11.8 Å². The Labute approximate surface area is 204 Å². The molecular formula is C27H31FN4O3. The highest BCUT2D eigenvalue weighted by atomic mass is 19.1. The van der Waals surface area contributed by atoms with Gasteiger partial charge in [0.15, 0.2) is 0 Å². The number of amides is 2. The van der Waals surface area contributed by atoms with Gasteiger partial charge in [-0.15, -0.1) is 0 Å². The van der Waals surface area contributed by atoms with Gasteiger partial charge in [-0.2, -0.15) is 4.98 Å². The average molecular weight is 479 g/mol. The maximum Gasteiger partial charge on any atom is 0.230 e. The fourth-order valence-electron chi connectivity index (χ4n) is 4.43. The van der Waals surface area contributed by atoms with Crippen molar-refractivity contribution in [1.29, 1.82) is 0 Å². The molecule has 1 aliphatic heterocycles. The molecule has 8 heteroatoms. The standard InChI is InChI=1S/C27H31FN4O3/c1-3-22(19-7-5-4-6-8-19)27(34)32-15-13-21(14-16-32)29-24(33)11-12-25-30-26(31-35-25)20-10-9-18(2)23(28)17-20/h4-10,17,21-22H,3,11-16H2,1-2H3,(H,29,33). The quantitative estimate of drug-likeness (QED) is 0.518. The second-order valence-electron chi connectivity index (χ2n) is 9.01. The van der Waals surface area contributed by atoms with Gasteiger partial charge < -0.3 is 14.7 Å². The predicted molar refractivity (Wildman–Crippen MR) is 130 cm³/mol. The first-order valence-electron chi connectivity index (χ1n) is 12.2. The fraction of sp³-hybridized carbons (Fsp3) is 0.407. The van der Waals surface area contributed by atoms with Gasteiger partial charge in [0.1, 0.15) is 5.82 Å². The maximum atomic E-state index is 13.8. The van der Waals surface area contributed by atoms with Crippen LogP contribution in [-0.4, -0.2) is 46.0 Å². The van der Waals surface area contributed by atoms with E-state index in [1.165, 1.54) is 6.07 Å². The Morgan fingerprint density at radius 2 is 1.91 bits per heavy atom. The minimum atomic E-state index is -0.328. The van der Waals surface area contributed by atoms with Crippen molar-refractivity contribution < 1.29 is 18.5 Å². The van der Waals surface area contributed by atoms with Crippen LogP contribution in [0.15, 0.2) is 53.1 Å². The third-order valence-electron chi connectivity index (χ3n) is 6.54. The minimum absolute atomic E-state index is 0.0390. The van der Waals surface area contributed by atoms with Crippen LogP contribution in [0.1, 0.15) is 55.5 Å². The van der Waals surface area contributed by atoms with E-state index in [1.54, 1.807) is 19.1 Å². The second kappa shape index (κ2) is 11.3. The second-order valence-corrected chi connectivity index (χ2v) is 9.01. The summed E-state index contributed by atoms with van der Waals surface area (Å²) in [5.74, 6) is 0.250. The average Bonchev–Trinajstić information content (AvgIpc) is 3.35. The third kappa shape index (κ3) is 6.12. The van der Waals surface area contributed by atoms with Crippen LogP contribution in [-0.2, 0) is 16.0 Å². The molecule has 0 aliphatic carbocycles. The predicted octanol–water partition coefficient (Wildman–Crippen LogP) is 4.42. The lowest BCUT2D eigenvalue weighted by Crippen LogP contribution is -2.47. The van der Waals surface area contributed by atoms with Crippen LogP contribution in [0.25, 0.3) is 11.4 Å². The molecule has 0 saturated carbocycles. The van der Waals surface area contributed by atoms with Crippen molar-refractivity contribution in [3.8, 4) is 11.4 Å². The van der Waals surface area contributed by atoms with Crippen LogP contribution in [0.5, 0.6) is 0 Å². The SMILES string of the molecule is CCC(C(=O)N1CCC(NC(=O)CCc2nc(-c3ccc(C)c(F)c3)no2)CC1)c1ccccc1. The molecule has 4 rings (SSSR count). The topological polar surface area (TPSA) is 88.3 Å². The Kier molecular flexibility index (Phi) is 7.90. The number of hydrogen-bond donors (Lipinski definition) is 1. The summed E-state index contributed by atoms with van der Waals surface area (Å²) in [7, 11) is 0. The summed E-state index contributed by atoms with van der Waals surface area (Å²) in [6.07, 6.45) is 2.74. The monoisotopic (exact) mass is 478 g/mol. The van der Waals surface area contributed by atoms with Gasteiger partial charge in [-0.3, -0.25) is 9.59 Å². The maximum absolute atomic E-state index is 13.8. The zero-order chi connectivity index (χ0) is 24.8. The van der Waals surface area contributed by atoms with Gasteiger partial charge in [-0.1, -0.05) is 54.5 Å². The summed E-state index contributed by atoms with van der Waals surface area (Å²) in [4.78, 5) is 31.7. The van der Waals surface area contributed by atoms with Crippen molar-refractivity contribution in [2.45, 2.75) is 57.9 Å². The molecule has 2 amide bonds. The number of nitrogens with zero attached hydrogens (tertiary/aromatic N) is 3. The van der Waals surface area contributed by atoms with Gasteiger partial charge in [-0.25, -0.2) is 4.39 Å². The molecular weight excluding hydrogens is 447 g/mol. The molecule has 2 aromatic carbocycles. The highest BCUT2D eigenvalue weighted by molar-refractivity contribution is 5.84. The molecule has 1 unspecified atom stereocenters. The van der Waals surface area contributed by atoms with E-state index in [2.05, 4.69) is 15.5 Å². The fourth-order valence-corrected chi connectivity index (χ4v) is 4.43. The first-order chi connectivity index (χ1) is 16.9. The van der Waals surface area contributed by atoms with E-state index in [0.717, 1.165) is 24.8 Å². The van der Waals surface area contributed by atoms with Crippen LogP contribution in [0.2, 0.25) is 0 Å². The number of piperidine rings is 1. The van der Waals surface area contributed by atoms with Crippen LogP contribution < -0.4 is 5.32 Å². The van der Waals surface area contributed by atoms with E-state index >= 15 is 0 Å². The minimum Gasteiger partial charge on any atom is -0.353 e. The van der Waals surface area contributed by atoms with Crippen LogP contribution in [0.4, 0.5) is 4.39 Å². The molecule has 1 fully saturated rings. The smallest absolute Gasteiger partial charge is 0.230 e. The largest absolute Gasteiger partial charge is 0.353 e. The summed E-state index contributed by atoms with van der Waals surface area (Å²) in [6, 6.07) is 14.7. The molecule has 0 bridgehead atoms. The number of halogens is 1. The normalized spacial score (nSPS) is 15.1. The van der Waals surface area contributed by atoms with Gasteiger partial charge in [0.05, 0.1) is 5.92 Å². The van der Waals surface area contributed by atoms with Gasteiger partial charge in [-0.05, 0) is 43.4 Å². The van der Waals surface area contributed by atoms with E-state index < -0.39 is 0 Å². The highest BCUT2D eigenvalue weighted by Gasteiger charge is 2.28. The van der Waals surface area contributed by atoms with Gasteiger partial charge in [0.2, 0.25) is 23.5 Å². The van der Waals surface area contributed by atoms with Crippen molar-refractivity contribution in [3.05, 3.63) is 71.4 Å². The van der Waals surface area contributed by atoms with E-state index in [-0.39, 0.29) is 36.0 Å². The number of hydrogen-bond acceptors (Lipinski definition) is 5. The highest BCUT2D eigenvalue weighted by Crippen LogP contribution is 2.24. The Morgan fingerprint density at radius 1 is 1.17 bits per heavy atom. The summed E-state index contributed by atoms with van der Waals surface area (Å²) >= 11 is 0. The molecule has 184 valence electrons. The van der Waals surface area contributed by atoms with Crippen LogP contribution in [0, 0.1) is 12.7 Å². The zero-order valence-corrected chi connectivity index (χ0v) is 20.2. The first-order valence-corrected chi connectivity index (χ1v) is 12.2. The number of aryl methyl sites for hydroxylation is 2. The lowest BCUT2D eigenvalue weighted by atomic mass is 9.93. The van der Waals surface area contributed by atoms with E-state index in [1.807, 2.05) is 42.2 Å². The number of aromatic nitrogens is 2. The zero-order valence-electron chi connectivity index (χ0n) is 20.2. The third-order valence-corrected chi connectivity index (χ3v) is 6.54. The Morgan fingerprint density at radius 3 is 2.60 bits per heavy atom. The molecule has 0 spiro atoms. The van der Waals surface area contributed by atoms with Gasteiger partial charge >= 0.3 is 0 Å². The number of benzene rings is 2. The van der Waals surface area contributed by atoms with Crippen LogP contribution >= 0.6 is 0 Å². The molecule has 1 aliphatic rings. The van der Waals surface area contributed by atoms with Crippen molar-refractivity contribution in [2.75, 3.05) is 13.1 Å². The van der Waals surface area contributed by atoms with Crippen LogP contribution in [0.3, 0.4) is 0 Å². The number of carbonyl (C=O) groups excluding carboxylic acids is 2. The van der Waals surface area contributed by atoms with Gasteiger partial charge in [0, 0.05) is 37.5 Å². The van der Waals surface area contributed by atoms with E-state index in [4.69, 9.17) is 4.52 Å². The van der Waals surface area contributed by atoms with Crippen molar-refractivity contribution in [3.63, 3.8) is 0 Å². The molecule has 1 aromatic heterocycles. The molecule has 2 heterocycles. The summed E-state index contributed by atoms with van der Waals surface area (Å²) in [6.45, 7) is 4.99. The molecule has 1 atom stereocenters. The lowest BCUT2D eigenvalue weighted by molar-refractivity contribution is -0.134. The molecule has 35 heavy (non-hydrogen) atoms. The molecule has 1 saturated heterocycles. The Bertz CT molecular complexity index is 1160. The van der Waals surface area contributed by atoms with Crippen molar-refractivity contribution in [2.24, 2.45) is 0 Å². The van der Waals surface area contributed by atoms with Crippen molar-refractivity contribution in [1.82, 2.24) is 20.4 Å². The number of carbonyl (C=O) groups is 2. The van der Waals surface area contributed by atoms with E-state index in [9.17, 15) is 14.0 Å². The number of likely N-dealkylation sites (tertiary alicyclic amines) is 1. The summed E-state index contributed by atoms with van der Waals surface area (Å²) in [5.41, 5.74) is 2.13. The number of nitrogens with one attached hydrogen (secondary N) is 1. The summed E-state index contributed by atoms with van der Waals surface area (Å²) < 4.78 is 19.0. The molecule has 0 radical (unpaired) electrons. The summed E-state index contributed by atoms with van der Waals surface area (Å²) in [5, 5.41) is 6.96. The lowest BCUT2D eigenvalue weighted by Gasteiger charge is -2.34.